The first kappa shape index (κ1) is 6.54. The number of pyridine rings is 1. The molecule has 1 aromatic heterocycles. The molecule has 4 nitrogen and oxygen atoms in total. The molecule has 1 aromatic rings. The highest BCUT2D eigenvalue weighted by Crippen LogP contribution is 1.78. The van der Waals surface area contributed by atoms with E-state index in [9.17, 15) is 0 Å². The third-order valence-electron chi connectivity index (χ3n) is 1.11. The average Bonchev–Trinajstić information content (AvgIpc) is 1.88. The van der Waals surface area contributed by atoms with Crippen LogP contribution < -0.4 is 11.1 Å². The van der Waals surface area contributed by atoms with Crippen molar-refractivity contribution >= 4 is 5.96 Å². The van der Waals surface area contributed by atoms with Crippen molar-refractivity contribution in [2.24, 2.45) is 5.73 Å². The highest BCUT2D eigenvalue weighted by molar-refractivity contribution is 5.76. The van der Waals surface area contributed by atoms with Crippen molar-refractivity contribution in [3.8, 4) is 0 Å². The Labute approximate surface area is 57.9 Å². The Hall–Kier alpha value is -1.58. The van der Waals surface area contributed by atoms with Gasteiger partial charge in [0.25, 0.3) is 0 Å². The number of rotatable bonds is 0. The summed E-state index contributed by atoms with van der Waals surface area (Å²) in [5.74, 6) is -0.0417. The molecule has 0 aliphatic rings. The van der Waals surface area contributed by atoms with Crippen LogP contribution in [0.25, 0.3) is 0 Å². The van der Waals surface area contributed by atoms with E-state index in [1.54, 1.807) is 24.5 Å². The number of nitrogens with zero attached hydrogens (tertiary/aromatic N) is 1. The molecule has 0 saturated carbocycles. The Morgan fingerprint density at radius 2 is 1.90 bits per heavy atom. The quantitative estimate of drug-likeness (QED) is 0.332. The van der Waals surface area contributed by atoms with Crippen LogP contribution in [0.5, 0.6) is 0 Å². The van der Waals surface area contributed by atoms with Gasteiger partial charge in [-0.25, -0.2) is 0 Å². The van der Waals surface area contributed by atoms with Crippen LogP contribution in [0.1, 0.15) is 0 Å². The molecule has 0 unspecified atom stereocenters. The monoisotopic (exact) mass is 136 g/mol. The minimum atomic E-state index is -0.0417. The van der Waals surface area contributed by atoms with E-state index in [2.05, 4.69) is 0 Å². The molecule has 1 rings (SSSR count). The molecule has 0 saturated heterocycles. The molecule has 10 heavy (non-hydrogen) atoms. The molecule has 1 heterocycles. The highest BCUT2D eigenvalue weighted by Gasteiger charge is 1.86. The molecule has 4 N–H and O–H groups in total. The van der Waals surface area contributed by atoms with Gasteiger partial charge in [-0.05, 0) is 12.1 Å². The topological polar surface area (TPSA) is 78.7 Å². The number of nitrogens with one attached hydrogen (secondary N) is 2. The minimum Gasteiger partial charge on any atom is -0.369 e. The number of hydrogen-bond acceptors (Lipinski definition) is 2. The van der Waals surface area contributed by atoms with E-state index in [-0.39, 0.29) is 5.96 Å². The SMILES string of the molecule is N=C(N)n1ccc(=N)cc1. The first-order chi connectivity index (χ1) is 4.70. The summed E-state index contributed by atoms with van der Waals surface area (Å²) in [6, 6.07) is 3.14. The van der Waals surface area contributed by atoms with Crippen LogP contribution in [0.2, 0.25) is 0 Å². The lowest BCUT2D eigenvalue weighted by Crippen LogP contribution is -2.21. The molecule has 0 aromatic carbocycles. The molecule has 0 aliphatic carbocycles. The maximum atomic E-state index is 7.11. The molecule has 52 valence electrons. The van der Waals surface area contributed by atoms with E-state index in [0.29, 0.717) is 5.36 Å². The number of nitrogens with two attached hydrogens (primary N) is 1. The van der Waals surface area contributed by atoms with Crippen molar-refractivity contribution in [1.82, 2.24) is 4.57 Å². The van der Waals surface area contributed by atoms with Crippen LogP contribution >= 0.6 is 0 Å². The molecule has 0 bridgehead atoms. The van der Waals surface area contributed by atoms with E-state index in [0.717, 1.165) is 0 Å². The number of nitrogen functional groups attached to an aromatic ring is 1. The van der Waals surface area contributed by atoms with Crippen molar-refractivity contribution in [1.29, 1.82) is 10.8 Å². The maximum absolute atomic E-state index is 7.11. The van der Waals surface area contributed by atoms with E-state index in [4.69, 9.17) is 16.6 Å². The lowest BCUT2D eigenvalue weighted by molar-refractivity contribution is 1.05. The lowest BCUT2D eigenvalue weighted by Gasteiger charge is -1.99. The molecule has 0 radical (unpaired) electrons. The third-order valence-corrected chi connectivity index (χ3v) is 1.11. The van der Waals surface area contributed by atoms with Crippen LogP contribution in [0.3, 0.4) is 0 Å². The average molecular weight is 136 g/mol. The van der Waals surface area contributed by atoms with Gasteiger partial charge >= 0.3 is 0 Å². The summed E-state index contributed by atoms with van der Waals surface area (Å²) in [7, 11) is 0. The van der Waals surface area contributed by atoms with Gasteiger partial charge in [-0.15, -0.1) is 0 Å². The second kappa shape index (κ2) is 2.34. The van der Waals surface area contributed by atoms with E-state index >= 15 is 0 Å². The van der Waals surface area contributed by atoms with Gasteiger partial charge in [0.15, 0.2) is 5.96 Å². The molecule has 0 amide bonds. The fourth-order valence-electron chi connectivity index (χ4n) is 0.587. The van der Waals surface area contributed by atoms with Gasteiger partial charge in [0, 0.05) is 12.4 Å². The maximum Gasteiger partial charge on any atom is 0.196 e. The Morgan fingerprint density at radius 1 is 1.40 bits per heavy atom. The van der Waals surface area contributed by atoms with Crippen molar-refractivity contribution in [3.63, 3.8) is 0 Å². The van der Waals surface area contributed by atoms with Crippen LogP contribution in [0.4, 0.5) is 0 Å². The third kappa shape index (κ3) is 1.22. The van der Waals surface area contributed by atoms with E-state index < -0.39 is 0 Å². The molecule has 0 spiro atoms. The molecule has 4 heteroatoms. The summed E-state index contributed by atoms with van der Waals surface area (Å²) in [5.41, 5.74) is 5.15. The summed E-state index contributed by atoms with van der Waals surface area (Å²) in [6.45, 7) is 0. The standard InChI is InChI=1S/C6H8N4/c7-5-1-3-10(4-2-5)6(8)9/h1-4,7H,(H3,8,9). The Bertz CT molecular complexity index is 278. The van der Waals surface area contributed by atoms with Gasteiger partial charge in [-0.3, -0.25) is 9.98 Å². The Morgan fingerprint density at radius 3 is 2.30 bits per heavy atom. The van der Waals surface area contributed by atoms with Gasteiger partial charge in [-0.2, -0.15) is 0 Å². The smallest absolute Gasteiger partial charge is 0.196 e. The van der Waals surface area contributed by atoms with Crippen LogP contribution in [-0.2, 0) is 0 Å². The second-order valence-corrected chi connectivity index (χ2v) is 1.88. The van der Waals surface area contributed by atoms with Crippen LogP contribution in [0, 0.1) is 10.8 Å². The molecule has 0 aliphatic heterocycles. The molecular weight excluding hydrogens is 128 g/mol. The summed E-state index contributed by atoms with van der Waals surface area (Å²) in [6.07, 6.45) is 3.15. The van der Waals surface area contributed by atoms with Gasteiger partial charge in [-0.1, -0.05) is 0 Å². The van der Waals surface area contributed by atoms with Gasteiger partial charge in [0.1, 0.15) is 0 Å². The summed E-state index contributed by atoms with van der Waals surface area (Å²) in [4.78, 5) is 0. The predicted octanol–water partition coefficient (Wildman–Crippen LogP) is -0.291. The minimum absolute atomic E-state index is 0.0417. The van der Waals surface area contributed by atoms with Crippen molar-refractivity contribution in [2.75, 3.05) is 0 Å². The highest BCUT2D eigenvalue weighted by atomic mass is 15.1. The van der Waals surface area contributed by atoms with Gasteiger partial charge in [0.2, 0.25) is 0 Å². The molecule has 0 fully saturated rings. The van der Waals surface area contributed by atoms with Gasteiger partial charge in [0.05, 0.1) is 5.36 Å². The normalized spacial score (nSPS) is 9.20. The zero-order valence-corrected chi connectivity index (χ0v) is 5.33. The summed E-state index contributed by atoms with van der Waals surface area (Å²) < 4.78 is 1.43. The Kier molecular flexibility index (Phi) is 1.53. The van der Waals surface area contributed by atoms with Gasteiger partial charge < -0.3 is 11.1 Å². The van der Waals surface area contributed by atoms with Crippen LogP contribution in [0.15, 0.2) is 24.5 Å². The first-order valence-corrected chi connectivity index (χ1v) is 2.77. The zero-order valence-electron chi connectivity index (χ0n) is 5.33. The lowest BCUT2D eigenvalue weighted by atomic mass is 10.4. The largest absolute Gasteiger partial charge is 0.369 e. The van der Waals surface area contributed by atoms with Crippen molar-refractivity contribution < 1.29 is 0 Å². The molecular formula is C6H8N4. The molecule has 0 atom stereocenters. The van der Waals surface area contributed by atoms with E-state index in [1.807, 2.05) is 0 Å². The van der Waals surface area contributed by atoms with E-state index in [1.165, 1.54) is 4.57 Å². The second-order valence-electron chi connectivity index (χ2n) is 1.88. The fourth-order valence-corrected chi connectivity index (χ4v) is 0.587. The first-order valence-electron chi connectivity index (χ1n) is 2.77. The summed E-state index contributed by atoms with van der Waals surface area (Å²) >= 11 is 0. The van der Waals surface area contributed by atoms with Crippen molar-refractivity contribution in [3.05, 3.63) is 29.9 Å². The van der Waals surface area contributed by atoms with Crippen LogP contribution in [-0.4, -0.2) is 10.5 Å². The van der Waals surface area contributed by atoms with Crippen molar-refractivity contribution in [2.45, 2.75) is 0 Å². The fraction of sp³-hybridized carbons (Fsp3) is 0. The summed E-state index contributed by atoms with van der Waals surface area (Å²) in [5, 5.41) is 14.5. The zero-order chi connectivity index (χ0) is 7.56. The number of aromatic nitrogens is 1. The predicted molar refractivity (Wildman–Crippen MR) is 37.6 cm³/mol. The Balaban J connectivity index is 3.12. The number of hydrogen-bond donors (Lipinski definition) is 3.